The fourth-order valence-corrected chi connectivity index (χ4v) is 9.21. The maximum absolute atomic E-state index is 2.40. The van der Waals surface area contributed by atoms with Crippen LogP contribution >= 0.6 is 0 Å². The highest BCUT2D eigenvalue weighted by atomic mass is 14.4. The van der Waals surface area contributed by atoms with E-state index in [9.17, 15) is 0 Å². The van der Waals surface area contributed by atoms with Crippen molar-refractivity contribution in [2.45, 2.75) is 190 Å². The Morgan fingerprint density at radius 2 is 0.588 bits per heavy atom. The standard InChI is InChI=1S/2C40H56/c2*1-32(2)18-13-21-35(5)24-15-26-36(6)25-14-22-33(3)19-11-12-20-34(4)23-16-27-37(7)29-30-39-38(8)28-17-31-40(39,9)10/h2*11-12,14-16,18-20,22-30,39H,13,17,21,31H2,1-10H3/b2*12-11+,22-14+,23-16+,26-15+,30-29+,33-19+,34-20+,35-24+,36-25+,37-27+. The minimum Gasteiger partial charge on any atom is -0.0856 e. The van der Waals surface area contributed by atoms with Gasteiger partial charge < -0.3 is 0 Å². The zero-order chi connectivity index (χ0) is 59.9. The van der Waals surface area contributed by atoms with Crippen LogP contribution in [-0.2, 0) is 0 Å². The van der Waals surface area contributed by atoms with Crippen molar-refractivity contribution in [3.63, 3.8) is 0 Å². The minimum atomic E-state index is 0.342. The molecule has 2 aliphatic carbocycles. The fourth-order valence-electron chi connectivity index (χ4n) is 9.21. The lowest BCUT2D eigenvalue weighted by Gasteiger charge is -2.36. The van der Waals surface area contributed by atoms with Gasteiger partial charge in [0.2, 0.25) is 0 Å². The van der Waals surface area contributed by atoms with E-state index in [1.54, 1.807) is 0 Å². The summed E-state index contributed by atoms with van der Waals surface area (Å²) in [5.41, 5.74) is 19.2. The van der Waals surface area contributed by atoms with Gasteiger partial charge in [-0.15, -0.1) is 0 Å². The second-order valence-electron chi connectivity index (χ2n) is 24.5. The molecule has 0 heteroatoms. The van der Waals surface area contributed by atoms with E-state index in [1.807, 2.05) is 0 Å². The second-order valence-corrected chi connectivity index (χ2v) is 24.5. The Balaban J connectivity index is 0.000000800. The number of allylic oxidation sites excluding steroid dienone is 48. The third kappa shape index (κ3) is 36.1. The predicted octanol–water partition coefficient (Wildman–Crippen LogP) is 25.3. The van der Waals surface area contributed by atoms with Crippen LogP contribution in [0.15, 0.2) is 285 Å². The van der Waals surface area contributed by atoms with Gasteiger partial charge in [0.1, 0.15) is 0 Å². The Morgan fingerprint density at radius 3 is 0.838 bits per heavy atom. The lowest BCUT2D eigenvalue weighted by atomic mass is 9.68. The molecular formula is C80H112. The maximum atomic E-state index is 2.40. The molecule has 0 N–H and O–H groups in total. The molecule has 2 unspecified atom stereocenters. The van der Waals surface area contributed by atoms with E-state index in [4.69, 9.17) is 0 Å². The van der Waals surface area contributed by atoms with Gasteiger partial charge in [0.25, 0.3) is 0 Å². The normalized spacial score (nSPS) is 20.1. The van der Waals surface area contributed by atoms with Crippen LogP contribution in [0.4, 0.5) is 0 Å². The molecule has 0 nitrogen and oxygen atoms in total. The van der Waals surface area contributed by atoms with Crippen molar-refractivity contribution in [2.24, 2.45) is 22.7 Å². The molecule has 0 aliphatic heterocycles. The molecule has 2 rings (SSSR count). The molecule has 0 radical (unpaired) electrons. The zero-order valence-electron chi connectivity index (χ0n) is 54.4. The maximum Gasteiger partial charge on any atom is 0.00285 e. The average molecular weight is 1070 g/mol. The first-order valence-electron chi connectivity index (χ1n) is 29.9. The lowest BCUT2D eigenvalue weighted by molar-refractivity contribution is 0.255. The Bertz CT molecular complexity index is 2510. The van der Waals surface area contributed by atoms with E-state index in [-0.39, 0.29) is 0 Å². The van der Waals surface area contributed by atoms with Gasteiger partial charge in [-0.2, -0.15) is 0 Å². The van der Waals surface area contributed by atoms with Gasteiger partial charge in [-0.3, -0.25) is 0 Å². The first-order valence-corrected chi connectivity index (χ1v) is 29.9. The third-order valence-electron chi connectivity index (χ3n) is 14.5. The number of hydrogen-bond donors (Lipinski definition) is 0. The summed E-state index contributed by atoms with van der Waals surface area (Å²) in [6, 6.07) is 0. The molecule has 432 valence electrons. The largest absolute Gasteiger partial charge is 0.0856 e. The monoisotopic (exact) mass is 1070 g/mol. The van der Waals surface area contributed by atoms with E-state index in [2.05, 4.69) is 345 Å². The van der Waals surface area contributed by atoms with Gasteiger partial charge in [-0.25, -0.2) is 0 Å². The summed E-state index contributed by atoms with van der Waals surface area (Å²) in [7, 11) is 0. The van der Waals surface area contributed by atoms with Gasteiger partial charge in [-0.1, -0.05) is 312 Å². The SMILES string of the molecule is CC(C)=CCC/C(C)=C/C=C/C(C)=C/C=C/C(C)=C/C=C/C=C(C)/C=C/C=C(C)/C=C/C1C(C)=CCCC1(C)C.CC(C)=CCC/C(C)=C/C=C/C(C)=C/C=C/C(C)=C/C=C/C=C(C)/C=C/C=C(C)/C=C/C1C(C)=CCCC1(C)C. The molecule has 0 fully saturated rings. The summed E-state index contributed by atoms with van der Waals surface area (Å²) >= 11 is 0. The van der Waals surface area contributed by atoms with Crippen LogP contribution in [0.5, 0.6) is 0 Å². The van der Waals surface area contributed by atoms with Gasteiger partial charge in [0.15, 0.2) is 0 Å². The van der Waals surface area contributed by atoms with Crippen LogP contribution in [-0.4, -0.2) is 0 Å². The highest BCUT2D eigenvalue weighted by Crippen LogP contribution is 2.42. The third-order valence-corrected chi connectivity index (χ3v) is 14.5. The summed E-state index contributed by atoms with van der Waals surface area (Å²) in [5.74, 6) is 1.06. The van der Waals surface area contributed by atoms with Crippen molar-refractivity contribution in [1.82, 2.24) is 0 Å². The van der Waals surface area contributed by atoms with E-state index < -0.39 is 0 Å². The van der Waals surface area contributed by atoms with Crippen LogP contribution in [0.3, 0.4) is 0 Å². The zero-order valence-corrected chi connectivity index (χ0v) is 54.4. The lowest BCUT2D eigenvalue weighted by Crippen LogP contribution is -2.26. The molecule has 0 bridgehead atoms. The van der Waals surface area contributed by atoms with Gasteiger partial charge >= 0.3 is 0 Å². The second kappa shape index (κ2) is 40.9. The van der Waals surface area contributed by atoms with Gasteiger partial charge in [0.05, 0.1) is 0 Å². The summed E-state index contributed by atoms with van der Waals surface area (Å²) in [6.07, 6.45) is 84.0. The van der Waals surface area contributed by atoms with E-state index >= 15 is 0 Å². The van der Waals surface area contributed by atoms with Crippen molar-refractivity contribution >= 4 is 0 Å². The summed E-state index contributed by atoms with van der Waals surface area (Å²) < 4.78 is 0. The smallest absolute Gasteiger partial charge is 0.00285 e. The van der Waals surface area contributed by atoms with Crippen molar-refractivity contribution in [2.75, 3.05) is 0 Å². The van der Waals surface area contributed by atoms with Crippen LogP contribution < -0.4 is 0 Å². The fraction of sp³-hybridized carbons (Fsp3) is 0.400. The quantitative estimate of drug-likeness (QED) is 0.0598. The number of hydrogen-bond acceptors (Lipinski definition) is 0. The molecule has 0 saturated heterocycles. The molecule has 0 aromatic heterocycles. The Morgan fingerprint density at radius 1 is 0.350 bits per heavy atom. The molecule has 0 spiro atoms. The van der Waals surface area contributed by atoms with E-state index in [1.165, 1.54) is 104 Å². The highest BCUT2D eigenvalue weighted by molar-refractivity contribution is 5.35. The molecule has 0 heterocycles. The van der Waals surface area contributed by atoms with Crippen molar-refractivity contribution in [3.8, 4) is 0 Å². The van der Waals surface area contributed by atoms with Crippen molar-refractivity contribution < 1.29 is 0 Å². The average Bonchev–Trinajstić information content (AvgIpc) is 3.36. The summed E-state index contributed by atoms with van der Waals surface area (Å²) in [5, 5.41) is 0. The van der Waals surface area contributed by atoms with Crippen LogP contribution in [0.1, 0.15) is 190 Å². The van der Waals surface area contributed by atoms with Gasteiger partial charge in [-0.05, 0) is 173 Å². The molecule has 0 aromatic carbocycles. The molecule has 2 atom stereocenters. The predicted molar refractivity (Wildman–Crippen MR) is 367 cm³/mol. The van der Waals surface area contributed by atoms with Gasteiger partial charge in [0, 0.05) is 11.8 Å². The van der Waals surface area contributed by atoms with E-state index in [0.717, 1.165) is 25.7 Å². The highest BCUT2D eigenvalue weighted by Gasteiger charge is 2.31. The number of rotatable bonds is 26. The molecule has 80 heavy (non-hydrogen) atoms. The first kappa shape index (κ1) is 71.8. The molecule has 0 saturated carbocycles. The van der Waals surface area contributed by atoms with Crippen molar-refractivity contribution in [1.29, 1.82) is 0 Å². The molecular weight excluding hydrogens is 961 g/mol. The molecule has 2 aliphatic rings. The Kier molecular flexibility index (Phi) is 36.7. The summed E-state index contributed by atoms with van der Waals surface area (Å²) in [6.45, 7) is 44.3. The minimum absolute atomic E-state index is 0.342. The Hall–Kier alpha value is -6.24. The summed E-state index contributed by atoms with van der Waals surface area (Å²) in [4.78, 5) is 0. The van der Waals surface area contributed by atoms with Crippen LogP contribution in [0.25, 0.3) is 0 Å². The van der Waals surface area contributed by atoms with Crippen LogP contribution in [0, 0.1) is 22.7 Å². The molecule has 0 aromatic rings. The van der Waals surface area contributed by atoms with Crippen LogP contribution in [0.2, 0.25) is 0 Å². The topological polar surface area (TPSA) is 0 Å². The Labute approximate surface area is 494 Å². The van der Waals surface area contributed by atoms with Crippen molar-refractivity contribution in [3.05, 3.63) is 285 Å². The van der Waals surface area contributed by atoms with E-state index in [0.29, 0.717) is 22.7 Å². The molecule has 0 amide bonds. The first-order chi connectivity index (χ1) is 37.8.